The molecule has 0 N–H and O–H groups in total. The van der Waals surface area contributed by atoms with Crippen LogP contribution in [-0.4, -0.2) is 36.4 Å². The van der Waals surface area contributed by atoms with Crippen LogP contribution in [0.15, 0.2) is 87.2 Å². The van der Waals surface area contributed by atoms with E-state index >= 15 is 0 Å². The summed E-state index contributed by atoms with van der Waals surface area (Å²) in [5, 5.41) is 0.437. The highest BCUT2D eigenvalue weighted by molar-refractivity contribution is 8.15. The maximum Gasteiger partial charge on any atom is 0.278 e. The van der Waals surface area contributed by atoms with Gasteiger partial charge in [0.2, 0.25) is 0 Å². The highest BCUT2D eigenvalue weighted by atomic mass is 32.2. The number of anilines is 1. The molecular weight excluding hydrogens is 432 g/mol. The van der Waals surface area contributed by atoms with Crippen molar-refractivity contribution in [1.29, 1.82) is 0 Å². The summed E-state index contributed by atoms with van der Waals surface area (Å²) in [6.45, 7) is 0.972. The Labute approximate surface area is 183 Å². The molecule has 0 saturated heterocycles. The number of amides is 1. The molecule has 0 unspecified atom stereocenters. The summed E-state index contributed by atoms with van der Waals surface area (Å²) in [6, 6.07) is 20.9. The molecule has 1 aromatic heterocycles. The lowest BCUT2D eigenvalue weighted by Crippen LogP contribution is -2.35. The summed E-state index contributed by atoms with van der Waals surface area (Å²) in [6.07, 6.45) is 1.90. The number of hydrogen-bond donors (Lipinski definition) is 0. The van der Waals surface area contributed by atoms with E-state index in [9.17, 15) is 13.2 Å². The van der Waals surface area contributed by atoms with E-state index in [4.69, 9.17) is 0 Å². The first-order chi connectivity index (χ1) is 15.0. The fraction of sp³-hybridized carbons (Fsp3) is 0.136. The van der Waals surface area contributed by atoms with Crippen LogP contribution >= 0.6 is 11.8 Å². The number of nitrogens with zero attached hydrogens (tertiary/aromatic N) is 4. The van der Waals surface area contributed by atoms with Gasteiger partial charge in [-0.05, 0) is 47.7 Å². The molecule has 0 spiro atoms. The molecule has 2 aromatic carbocycles. The average Bonchev–Trinajstić information content (AvgIpc) is 3.11. The van der Waals surface area contributed by atoms with Gasteiger partial charge in [-0.3, -0.25) is 4.79 Å². The van der Waals surface area contributed by atoms with E-state index in [0.29, 0.717) is 29.3 Å². The van der Waals surface area contributed by atoms with Crippen LogP contribution in [-0.2, 0) is 16.6 Å². The third-order valence-electron chi connectivity index (χ3n) is 5.05. The molecule has 156 valence electrons. The van der Waals surface area contributed by atoms with Crippen LogP contribution in [0.2, 0.25) is 0 Å². The van der Waals surface area contributed by atoms with Crippen molar-refractivity contribution in [3.05, 3.63) is 89.5 Å². The van der Waals surface area contributed by atoms with E-state index in [2.05, 4.69) is 9.39 Å². The smallest absolute Gasteiger partial charge is 0.278 e. The van der Waals surface area contributed by atoms with Gasteiger partial charge in [-0.2, -0.15) is 4.99 Å². The zero-order valence-corrected chi connectivity index (χ0v) is 18.0. The quantitative estimate of drug-likeness (QED) is 0.613. The van der Waals surface area contributed by atoms with Crippen LogP contribution in [0.5, 0.6) is 0 Å². The van der Waals surface area contributed by atoms with Crippen LogP contribution in [0.25, 0.3) is 0 Å². The van der Waals surface area contributed by atoms with Gasteiger partial charge in [0.15, 0.2) is 5.17 Å². The predicted octanol–water partition coefficient (Wildman–Crippen LogP) is 2.89. The molecule has 31 heavy (non-hydrogen) atoms. The highest BCUT2D eigenvalue weighted by Gasteiger charge is 2.33. The lowest BCUT2D eigenvalue weighted by molar-refractivity contribution is 0.0997. The molecule has 0 atom stereocenters. The van der Waals surface area contributed by atoms with E-state index in [-0.39, 0.29) is 11.7 Å². The topological polar surface area (TPSA) is 84.1 Å². The lowest BCUT2D eigenvalue weighted by Gasteiger charge is -2.22. The molecular formula is C22H18N4O3S2. The molecule has 5 rings (SSSR count). The fourth-order valence-corrected chi connectivity index (χ4v) is 5.81. The third-order valence-corrected chi connectivity index (χ3v) is 7.35. The number of fused-ring (bicyclic) bond motifs is 3. The highest BCUT2D eigenvalue weighted by Crippen LogP contribution is 2.42. The molecule has 0 aliphatic carbocycles. The van der Waals surface area contributed by atoms with Crippen molar-refractivity contribution in [2.45, 2.75) is 11.4 Å². The van der Waals surface area contributed by atoms with Crippen molar-refractivity contribution in [3.8, 4) is 0 Å². The molecule has 7 nitrogen and oxygen atoms in total. The zero-order valence-electron chi connectivity index (χ0n) is 16.4. The molecule has 1 amide bonds. The minimum Gasteiger partial charge on any atom is -0.328 e. The van der Waals surface area contributed by atoms with Gasteiger partial charge in [0.05, 0.1) is 11.4 Å². The Morgan fingerprint density at radius 3 is 2.71 bits per heavy atom. The fourth-order valence-electron chi connectivity index (χ4n) is 3.51. The first kappa shape index (κ1) is 19.8. The second-order valence-corrected chi connectivity index (χ2v) is 9.95. The number of carbonyl (C=O) groups excluding carboxylic acids is 1. The summed E-state index contributed by atoms with van der Waals surface area (Å²) in [5.41, 5.74) is 3.00. The molecule has 3 aromatic rings. The number of rotatable bonds is 3. The summed E-state index contributed by atoms with van der Waals surface area (Å²) in [5.74, 6) is -0.363. The Kier molecular flexibility index (Phi) is 4.99. The van der Waals surface area contributed by atoms with Gasteiger partial charge in [0, 0.05) is 29.7 Å². The first-order valence-corrected chi connectivity index (χ1v) is 12.1. The van der Waals surface area contributed by atoms with Crippen molar-refractivity contribution in [2.24, 2.45) is 9.39 Å². The number of carbonyl (C=O) groups is 1. The van der Waals surface area contributed by atoms with E-state index < -0.39 is 10.0 Å². The molecule has 0 fully saturated rings. The van der Waals surface area contributed by atoms with Crippen molar-refractivity contribution in [3.63, 3.8) is 0 Å². The van der Waals surface area contributed by atoms with Crippen LogP contribution in [0.1, 0.15) is 15.9 Å². The normalized spacial score (nSPS) is 17.1. The summed E-state index contributed by atoms with van der Waals surface area (Å²) in [7, 11) is -3.42. The van der Waals surface area contributed by atoms with Crippen LogP contribution in [0, 0.1) is 0 Å². The molecule has 3 heterocycles. The van der Waals surface area contributed by atoms with E-state index in [0.717, 1.165) is 16.1 Å². The van der Waals surface area contributed by atoms with Gasteiger partial charge in [-0.1, -0.05) is 36.4 Å². The minimum atomic E-state index is -3.42. The van der Waals surface area contributed by atoms with Crippen LogP contribution in [0.4, 0.5) is 5.69 Å². The molecule has 0 saturated carbocycles. The second-order valence-electron chi connectivity index (χ2n) is 7.19. The second kappa shape index (κ2) is 7.82. The van der Waals surface area contributed by atoms with Crippen molar-refractivity contribution >= 4 is 38.5 Å². The summed E-state index contributed by atoms with van der Waals surface area (Å²) >= 11 is 1.26. The van der Waals surface area contributed by atoms with Crippen LogP contribution in [0.3, 0.4) is 0 Å². The van der Waals surface area contributed by atoms with Crippen molar-refractivity contribution in [2.75, 3.05) is 17.2 Å². The Balaban J connectivity index is 1.45. The van der Waals surface area contributed by atoms with E-state index in [1.54, 1.807) is 12.1 Å². The Bertz CT molecular complexity index is 1380. The molecule has 9 heteroatoms. The number of aromatic nitrogens is 1. The number of thioether (sulfide) groups is 1. The molecule has 0 bridgehead atoms. The van der Waals surface area contributed by atoms with Crippen LogP contribution < -0.4 is 10.4 Å². The van der Waals surface area contributed by atoms with Crippen molar-refractivity contribution in [1.82, 2.24) is 4.57 Å². The molecule has 0 radical (unpaired) electrons. The van der Waals surface area contributed by atoms with Gasteiger partial charge < -0.3 is 9.47 Å². The van der Waals surface area contributed by atoms with Crippen molar-refractivity contribution < 1.29 is 13.2 Å². The van der Waals surface area contributed by atoms with Gasteiger partial charge in [-0.25, -0.2) is 8.42 Å². The predicted molar refractivity (Wildman–Crippen MR) is 121 cm³/mol. The maximum atomic E-state index is 12.9. The zero-order chi connectivity index (χ0) is 21.4. The Morgan fingerprint density at radius 1 is 1.06 bits per heavy atom. The van der Waals surface area contributed by atoms with Gasteiger partial charge >= 0.3 is 0 Å². The van der Waals surface area contributed by atoms with Gasteiger partial charge in [0.1, 0.15) is 5.49 Å². The third kappa shape index (κ3) is 4.06. The minimum absolute atomic E-state index is 0.0120. The number of hydrogen-bond acceptors (Lipinski definition) is 5. The van der Waals surface area contributed by atoms with Gasteiger partial charge in [0.25, 0.3) is 15.9 Å². The summed E-state index contributed by atoms with van der Waals surface area (Å²) in [4.78, 5) is 19.9. The first-order valence-electron chi connectivity index (χ1n) is 9.69. The van der Waals surface area contributed by atoms with E-state index in [1.807, 2.05) is 70.3 Å². The summed E-state index contributed by atoms with van der Waals surface area (Å²) < 4.78 is 29.3. The number of pyridine rings is 1. The largest absolute Gasteiger partial charge is 0.328 e. The molecule has 2 aliphatic heterocycles. The Morgan fingerprint density at radius 2 is 1.87 bits per heavy atom. The number of sulfonamides is 1. The van der Waals surface area contributed by atoms with Gasteiger partial charge in [-0.15, -0.1) is 4.40 Å². The number of amidine groups is 1. The SMILES string of the molecule is O=C(N=c1ccccn1Cc1ccccc1)c1ccc2c(c1)SC1=NS(=O)(=O)CCN12. The van der Waals surface area contributed by atoms with E-state index in [1.165, 1.54) is 11.8 Å². The lowest BCUT2D eigenvalue weighted by atomic mass is 10.2. The maximum absolute atomic E-state index is 12.9. The average molecular weight is 451 g/mol. The monoisotopic (exact) mass is 450 g/mol. The number of benzene rings is 2. The molecule has 2 aliphatic rings. The standard InChI is InChI=1S/C22H18N4O3S2/c27-21(23-20-8-4-5-11-25(20)15-16-6-2-1-3-7-16)17-9-10-18-19(14-17)30-22-24-31(28,29)13-12-26(18)22/h1-11,14H,12-13,15H2. The Hall–Kier alpha value is -3.17.